The Bertz CT molecular complexity index is 526. The van der Waals surface area contributed by atoms with Crippen LogP contribution in [0.15, 0.2) is 42.5 Å². The van der Waals surface area contributed by atoms with Crippen molar-refractivity contribution < 1.29 is 4.74 Å². The Balaban J connectivity index is 2.01. The third kappa shape index (κ3) is 2.05. The van der Waals surface area contributed by atoms with Crippen molar-refractivity contribution in [3.8, 4) is 16.9 Å². The van der Waals surface area contributed by atoms with Gasteiger partial charge in [0.15, 0.2) is 0 Å². The highest BCUT2D eigenvalue weighted by atomic mass is 16.5. The van der Waals surface area contributed by atoms with Gasteiger partial charge in [0.05, 0.1) is 6.61 Å². The Kier molecular flexibility index (Phi) is 2.60. The molecule has 17 heavy (non-hydrogen) atoms. The van der Waals surface area contributed by atoms with Gasteiger partial charge in [-0.2, -0.15) is 0 Å². The second-order valence-electron chi connectivity index (χ2n) is 4.64. The first-order valence-corrected chi connectivity index (χ1v) is 6.16. The van der Waals surface area contributed by atoms with Crippen molar-refractivity contribution in [1.82, 2.24) is 0 Å². The van der Waals surface area contributed by atoms with Crippen LogP contribution < -0.4 is 4.74 Å². The highest BCUT2D eigenvalue weighted by molar-refractivity contribution is 5.66. The minimum atomic E-state index is 0.858. The normalized spacial score (nSPS) is 13.9. The topological polar surface area (TPSA) is 9.23 Å². The lowest BCUT2D eigenvalue weighted by atomic mass is 9.98. The van der Waals surface area contributed by atoms with Gasteiger partial charge in [-0.05, 0) is 48.6 Å². The first kappa shape index (κ1) is 10.4. The van der Waals surface area contributed by atoms with Crippen molar-refractivity contribution in [3.63, 3.8) is 0 Å². The molecule has 1 heterocycles. The lowest BCUT2D eigenvalue weighted by molar-refractivity contribution is 0.288. The third-order valence-corrected chi connectivity index (χ3v) is 3.29. The van der Waals surface area contributed by atoms with Crippen LogP contribution >= 0.6 is 0 Å². The molecule has 0 saturated carbocycles. The van der Waals surface area contributed by atoms with Crippen molar-refractivity contribution >= 4 is 0 Å². The second kappa shape index (κ2) is 4.25. The maximum absolute atomic E-state index is 5.63. The van der Waals surface area contributed by atoms with E-state index in [1.165, 1.54) is 22.3 Å². The Morgan fingerprint density at radius 3 is 2.53 bits per heavy atom. The molecular weight excluding hydrogens is 208 g/mol. The summed E-state index contributed by atoms with van der Waals surface area (Å²) in [6, 6.07) is 15.2. The fraction of sp³-hybridized carbons (Fsp3) is 0.250. The number of hydrogen-bond acceptors (Lipinski definition) is 1. The van der Waals surface area contributed by atoms with Crippen LogP contribution in [0, 0.1) is 6.92 Å². The smallest absolute Gasteiger partial charge is 0.122 e. The molecule has 3 rings (SSSR count). The first-order chi connectivity index (χ1) is 8.33. The minimum Gasteiger partial charge on any atom is -0.493 e. The van der Waals surface area contributed by atoms with E-state index in [2.05, 4.69) is 49.4 Å². The standard InChI is InChI=1S/C16H16O/c1-12-4-6-13(7-5-12)14-8-9-16-15(11-14)3-2-10-17-16/h4-9,11H,2-3,10H2,1H3. The summed E-state index contributed by atoms with van der Waals surface area (Å²) in [5, 5.41) is 0. The van der Waals surface area contributed by atoms with E-state index in [1.807, 2.05) is 0 Å². The second-order valence-corrected chi connectivity index (χ2v) is 4.64. The summed E-state index contributed by atoms with van der Waals surface area (Å²) >= 11 is 0. The van der Waals surface area contributed by atoms with Gasteiger partial charge in [0.2, 0.25) is 0 Å². The number of aryl methyl sites for hydroxylation is 2. The molecule has 0 saturated heterocycles. The molecule has 0 fully saturated rings. The summed E-state index contributed by atoms with van der Waals surface area (Å²) in [7, 11) is 0. The molecule has 0 amide bonds. The predicted molar refractivity (Wildman–Crippen MR) is 70.4 cm³/mol. The van der Waals surface area contributed by atoms with Crippen LogP contribution in [0.1, 0.15) is 17.5 Å². The highest BCUT2D eigenvalue weighted by Gasteiger charge is 2.10. The van der Waals surface area contributed by atoms with Gasteiger partial charge < -0.3 is 4.74 Å². The molecular formula is C16H16O. The summed E-state index contributed by atoms with van der Waals surface area (Å²) < 4.78 is 5.63. The van der Waals surface area contributed by atoms with Crippen molar-refractivity contribution in [1.29, 1.82) is 0 Å². The zero-order chi connectivity index (χ0) is 11.7. The number of fused-ring (bicyclic) bond motifs is 1. The molecule has 0 atom stereocenters. The van der Waals surface area contributed by atoms with E-state index in [0.717, 1.165) is 25.2 Å². The maximum Gasteiger partial charge on any atom is 0.122 e. The van der Waals surface area contributed by atoms with E-state index >= 15 is 0 Å². The largest absolute Gasteiger partial charge is 0.493 e. The Morgan fingerprint density at radius 2 is 1.71 bits per heavy atom. The number of ether oxygens (including phenoxy) is 1. The molecule has 1 aliphatic heterocycles. The summed E-state index contributed by atoms with van der Waals surface area (Å²) in [4.78, 5) is 0. The average Bonchev–Trinajstić information content (AvgIpc) is 2.39. The van der Waals surface area contributed by atoms with Crippen LogP contribution in [0.3, 0.4) is 0 Å². The van der Waals surface area contributed by atoms with Crippen molar-refractivity contribution in [2.75, 3.05) is 6.61 Å². The van der Waals surface area contributed by atoms with Gasteiger partial charge in [-0.25, -0.2) is 0 Å². The van der Waals surface area contributed by atoms with Gasteiger partial charge in [-0.15, -0.1) is 0 Å². The van der Waals surface area contributed by atoms with E-state index in [0.29, 0.717) is 0 Å². The van der Waals surface area contributed by atoms with Crippen LogP contribution in [0.2, 0.25) is 0 Å². The van der Waals surface area contributed by atoms with E-state index in [1.54, 1.807) is 0 Å². The van der Waals surface area contributed by atoms with Crippen LogP contribution in [0.5, 0.6) is 5.75 Å². The molecule has 0 N–H and O–H groups in total. The Labute approximate surface area is 102 Å². The van der Waals surface area contributed by atoms with Crippen molar-refractivity contribution in [3.05, 3.63) is 53.6 Å². The first-order valence-electron chi connectivity index (χ1n) is 6.16. The zero-order valence-corrected chi connectivity index (χ0v) is 10.1. The molecule has 0 unspecified atom stereocenters. The molecule has 0 bridgehead atoms. The fourth-order valence-electron chi connectivity index (χ4n) is 2.29. The van der Waals surface area contributed by atoms with E-state index in [4.69, 9.17) is 4.74 Å². The van der Waals surface area contributed by atoms with Crippen LogP contribution in [0.25, 0.3) is 11.1 Å². The quantitative estimate of drug-likeness (QED) is 0.711. The van der Waals surface area contributed by atoms with Gasteiger partial charge in [-0.3, -0.25) is 0 Å². The van der Waals surface area contributed by atoms with Crippen molar-refractivity contribution in [2.24, 2.45) is 0 Å². The number of hydrogen-bond donors (Lipinski definition) is 0. The molecule has 0 radical (unpaired) electrons. The van der Waals surface area contributed by atoms with Crippen molar-refractivity contribution in [2.45, 2.75) is 19.8 Å². The predicted octanol–water partition coefficient (Wildman–Crippen LogP) is 3.99. The summed E-state index contributed by atoms with van der Waals surface area (Å²) in [5.74, 6) is 1.06. The molecule has 0 aromatic heterocycles. The Hall–Kier alpha value is -1.76. The molecule has 2 aromatic rings. The van der Waals surface area contributed by atoms with Crippen LogP contribution in [-0.4, -0.2) is 6.61 Å². The number of benzene rings is 2. The zero-order valence-electron chi connectivity index (χ0n) is 10.1. The molecule has 0 aliphatic carbocycles. The lowest BCUT2D eigenvalue weighted by Crippen LogP contribution is -2.07. The molecule has 2 aromatic carbocycles. The summed E-state index contributed by atoms with van der Waals surface area (Å²) in [6.45, 7) is 2.97. The van der Waals surface area contributed by atoms with Gasteiger partial charge in [0.1, 0.15) is 5.75 Å². The third-order valence-electron chi connectivity index (χ3n) is 3.29. The molecule has 1 heteroatoms. The molecule has 1 nitrogen and oxygen atoms in total. The van der Waals surface area contributed by atoms with E-state index in [9.17, 15) is 0 Å². The van der Waals surface area contributed by atoms with Crippen LogP contribution in [0.4, 0.5) is 0 Å². The molecule has 86 valence electrons. The monoisotopic (exact) mass is 224 g/mol. The summed E-state index contributed by atoms with van der Waals surface area (Å²) in [5.41, 5.74) is 5.21. The van der Waals surface area contributed by atoms with E-state index < -0.39 is 0 Å². The average molecular weight is 224 g/mol. The Morgan fingerprint density at radius 1 is 0.941 bits per heavy atom. The van der Waals surface area contributed by atoms with Crippen LogP contribution in [-0.2, 0) is 6.42 Å². The maximum atomic E-state index is 5.63. The molecule has 1 aliphatic rings. The van der Waals surface area contributed by atoms with E-state index in [-0.39, 0.29) is 0 Å². The number of rotatable bonds is 1. The SMILES string of the molecule is Cc1ccc(-c2ccc3c(c2)CCCO3)cc1. The highest BCUT2D eigenvalue weighted by Crippen LogP contribution is 2.30. The van der Waals surface area contributed by atoms with Gasteiger partial charge >= 0.3 is 0 Å². The minimum absolute atomic E-state index is 0.858. The summed E-state index contributed by atoms with van der Waals surface area (Å²) in [6.07, 6.45) is 2.26. The fourth-order valence-corrected chi connectivity index (χ4v) is 2.29. The van der Waals surface area contributed by atoms with Gasteiger partial charge in [-0.1, -0.05) is 35.9 Å². The molecule has 0 spiro atoms. The van der Waals surface area contributed by atoms with Gasteiger partial charge in [0.25, 0.3) is 0 Å². The lowest BCUT2D eigenvalue weighted by Gasteiger charge is -2.18. The van der Waals surface area contributed by atoms with Gasteiger partial charge in [0, 0.05) is 0 Å².